The molecule has 178 valence electrons. The van der Waals surface area contributed by atoms with Crippen molar-refractivity contribution in [3.63, 3.8) is 0 Å². The number of anilines is 3. The van der Waals surface area contributed by atoms with E-state index < -0.39 is 5.60 Å². The van der Waals surface area contributed by atoms with Crippen LogP contribution in [0.2, 0.25) is 0 Å². The maximum absolute atomic E-state index is 10.7. The smallest absolute Gasteiger partial charge is 0.224 e. The first-order valence-electron chi connectivity index (χ1n) is 11.6. The lowest BCUT2D eigenvalue weighted by atomic mass is 9.85. The fourth-order valence-corrected chi connectivity index (χ4v) is 4.91. The molecule has 1 atom stereocenters. The molecular formula is C25H30N6O3. The average Bonchev–Trinajstić information content (AvgIpc) is 3.54. The molecule has 0 saturated heterocycles. The topological polar surface area (TPSA) is 122 Å². The van der Waals surface area contributed by atoms with Gasteiger partial charge in [-0.15, -0.1) is 0 Å². The number of aliphatic hydroxyl groups is 1. The number of imidazole rings is 1. The number of fused-ring (bicyclic) bond motifs is 2. The maximum atomic E-state index is 10.7. The minimum absolute atomic E-state index is 0.178. The Morgan fingerprint density at radius 1 is 1.24 bits per heavy atom. The normalized spacial score (nSPS) is 21.0. The molecule has 34 heavy (non-hydrogen) atoms. The van der Waals surface area contributed by atoms with E-state index in [-0.39, 0.29) is 11.4 Å². The van der Waals surface area contributed by atoms with Crippen LogP contribution in [0.15, 0.2) is 24.5 Å². The second-order valence-corrected chi connectivity index (χ2v) is 9.42. The Hall–Kier alpha value is -3.19. The molecule has 9 nitrogen and oxygen atoms in total. The molecule has 1 saturated carbocycles. The third-order valence-corrected chi connectivity index (χ3v) is 6.70. The van der Waals surface area contributed by atoms with Crippen LogP contribution in [-0.2, 0) is 14.9 Å². The summed E-state index contributed by atoms with van der Waals surface area (Å²) in [5, 5.41) is 10.7. The third kappa shape index (κ3) is 4.20. The van der Waals surface area contributed by atoms with Gasteiger partial charge in [0.2, 0.25) is 5.95 Å². The molecule has 1 aliphatic carbocycles. The van der Waals surface area contributed by atoms with Crippen molar-refractivity contribution in [1.82, 2.24) is 19.9 Å². The summed E-state index contributed by atoms with van der Waals surface area (Å²) in [5.41, 5.74) is 9.05. The minimum atomic E-state index is -0.884. The van der Waals surface area contributed by atoms with Crippen molar-refractivity contribution in [3.05, 3.63) is 35.7 Å². The summed E-state index contributed by atoms with van der Waals surface area (Å²) in [7, 11) is 1.66. The number of nitrogen functional groups attached to an aromatic ring is 1. The van der Waals surface area contributed by atoms with Crippen molar-refractivity contribution in [2.24, 2.45) is 0 Å². The molecule has 2 aromatic heterocycles. The van der Waals surface area contributed by atoms with E-state index in [0.717, 1.165) is 42.5 Å². The van der Waals surface area contributed by atoms with Crippen LogP contribution < -0.4 is 10.6 Å². The number of nitrogens with two attached hydrogens (primary N) is 1. The van der Waals surface area contributed by atoms with Crippen molar-refractivity contribution >= 4 is 28.6 Å². The molecular weight excluding hydrogens is 432 g/mol. The zero-order valence-corrected chi connectivity index (χ0v) is 19.6. The Morgan fingerprint density at radius 2 is 2.06 bits per heavy atom. The number of rotatable bonds is 6. The number of methoxy groups -OCH3 is 1. The van der Waals surface area contributed by atoms with Gasteiger partial charge in [0.15, 0.2) is 17.0 Å². The van der Waals surface area contributed by atoms with Gasteiger partial charge in [-0.1, -0.05) is 24.8 Å². The Kier molecular flexibility index (Phi) is 5.90. The number of aromatic amines is 1. The molecule has 9 heteroatoms. The molecule has 3 aromatic rings. The number of hydrogen-bond donors (Lipinski definition) is 3. The van der Waals surface area contributed by atoms with Crippen LogP contribution in [0.25, 0.3) is 11.2 Å². The molecule has 1 aliphatic heterocycles. The number of nitrogens with one attached hydrogen (secondary N) is 1. The number of H-pyrrole nitrogens is 1. The van der Waals surface area contributed by atoms with Crippen molar-refractivity contribution in [1.29, 1.82) is 0 Å². The standard InChI is InChI=1S/C25H30N6O3/c1-24(15-34-12-11-33-2)14-31(22-20-21(28-16-27-20)29-23(26)30-22)19-13-17(5-6-18(19)24)7-10-25(32)8-3-4-9-25/h5-6,13,16,32H,3-4,8-9,11-12,14-15H2,1-2H3,(H3,26,27,28,29,30). The number of ether oxygens (including phenoxy) is 2. The van der Waals surface area contributed by atoms with E-state index in [2.05, 4.69) is 55.7 Å². The van der Waals surface area contributed by atoms with E-state index in [0.29, 0.717) is 43.3 Å². The number of nitrogens with zero attached hydrogens (tertiary/aromatic N) is 4. The molecule has 4 N–H and O–H groups in total. The molecule has 0 amide bonds. The van der Waals surface area contributed by atoms with Crippen LogP contribution in [0.3, 0.4) is 0 Å². The molecule has 3 heterocycles. The number of benzene rings is 1. The second kappa shape index (κ2) is 8.87. The van der Waals surface area contributed by atoms with Crippen molar-refractivity contribution in [2.45, 2.75) is 43.6 Å². The van der Waals surface area contributed by atoms with Gasteiger partial charge < -0.3 is 30.2 Å². The summed E-state index contributed by atoms with van der Waals surface area (Å²) in [6.07, 6.45) is 5.08. The van der Waals surface area contributed by atoms with Crippen LogP contribution in [0.4, 0.5) is 17.5 Å². The summed E-state index contributed by atoms with van der Waals surface area (Å²) in [5.74, 6) is 7.14. The van der Waals surface area contributed by atoms with E-state index in [9.17, 15) is 5.11 Å². The fourth-order valence-electron chi connectivity index (χ4n) is 4.91. The summed E-state index contributed by atoms with van der Waals surface area (Å²) in [6, 6.07) is 6.17. The van der Waals surface area contributed by atoms with Gasteiger partial charge in [0.1, 0.15) is 5.60 Å². The minimum Gasteiger partial charge on any atom is -0.382 e. The lowest BCUT2D eigenvalue weighted by Crippen LogP contribution is -2.34. The first kappa shape index (κ1) is 22.6. The lowest BCUT2D eigenvalue weighted by molar-refractivity contribution is 0.0481. The van der Waals surface area contributed by atoms with E-state index in [1.54, 1.807) is 13.4 Å². The van der Waals surface area contributed by atoms with E-state index >= 15 is 0 Å². The highest BCUT2D eigenvalue weighted by Crippen LogP contribution is 2.45. The van der Waals surface area contributed by atoms with Crippen LogP contribution >= 0.6 is 0 Å². The molecule has 5 rings (SSSR count). The lowest BCUT2D eigenvalue weighted by Gasteiger charge is -2.26. The van der Waals surface area contributed by atoms with Crippen LogP contribution in [-0.4, -0.2) is 64.1 Å². The molecule has 2 aliphatic rings. The van der Waals surface area contributed by atoms with Gasteiger partial charge in [-0.3, -0.25) is 0 Å². The monoisotopic (exact) mass is 462 g/mol. The molecule has 0 spiro atoms. The van der Waals surface area contributed by atoms with Crippen LogP contribution in [0.1, 0.15) is 43.7 Å². The summed E-state index contributed by atoms with van der Waals surface area (Å²) in [4.78, 5) is 18.4. The second-order valence-electron chi connectivity index (χ2n) is 9.42. The maximum Gasteiger partial charge on any atom is 0.224 e. The highest BCUT2D eigenvalue weighted by atomic mass is 16.5. The molecule has 0 radical (unpaired) electrons. The Bertz CT molecular complexity index is 1260. The van der Waals surface area contributed by atoms with E-state index in [1.165, 1.54) is 0 Å². The predicted octanol–water partition coefficient (Wildman–Crippen LogP) is 2.66. The predicted molar refractivity (Wildman–Crippen MR) is 130 cm³/mol. The molecule has 1 unspecified atom stereocenters. The van der Waals surface area contributed by atoms with Crippen molar-refractivity contribution in [2.75, 3.05) is 44.1 Å². The Labute approximate surface area is 198 Å². The first-order chi connectivity index (χ1) is 16.4. The quantitative estimate of drug-likeness (QED) is 0.378. The average molecular weight is 463 g/mol. The third-order valence-electron chi connectivity index (χ3n) is 6.70. The Morgan fingerprint density at radius 3 is 2.85 bits per heavy atom. The van der Waals surface area contributed by atoms with Gasteiger partial charge in [0, 0.05) is 30.3 Å². The van der Waals surface area contributed by atoms with Crippen molar-refractivity contribution in [3.8, 4) is 11.8 Å². The van der Waals surface area contributed by atoms with Gasteiger partial charge in [0.25, 0.3) is 0 Å². The van der Waals surface area contributed by atoms with Crippen molar-refractivity contribution < 1.29 is 14.6 Å². The first-order valence-corrected chi connectivity index (χ1v) is 11.6. The molecule has 1 fully saturated rings. The SMILES string of the molecule is COCCOCC1(C)CN(c2nc(N)nc3[nH]cnc23)c2cc(C#CC3(O)CCCC3)ccc21. The van der Waals surface area contributed by atoms with Gasteiger partial charge in [-0.25, -0.2) is 4.98 Å². The highest BCUT2D eigenvalue weighted by Gasteiger charge is 2.41. The molecule has 0 bridgehead atoms. The zero-order chi connectivity index (χ0) is 23.8. The van der Waals surface area contributed by atoms with Gasteiger partial charge in [-0.05, 0) is 43.4 Å². The van der Waals surface area contributed by atoms with Crippen LogP contribution in [0.5, 0.6) is 0 Å². The van der Waals surface area contributed by atoms with Gasteiger partial charge in [0.05, 0.1) is 26.1 Å². The summed E-state index contributed by atoms with van der Waals surface area (Å²) >= 11 is 0. The number of hydrogen-bond acceptors (Lipinski definition) is 8. The fraction of sp³-hybridized carbons (Fsp3) is 0.480. The summed E-state index contributed by atoms with van der Waals surface area (Å²) < 4.78 is 11.1. The Balaban J connectivity index is 1.56. The summed E-state index contributed by atoms with van der Waals surface area (Å²) in [6.45, 7) is 4.40. The molecule has 1 aromatic carbocycles. The van der Waals surface area contributed by atoms with Crippen LogP contribution in [0, 0.1) is 11.8 Å². The van der Waals surface area contributed by atoms with E-state index in [1.807, 2.05) is 6.07 Å². The van der Waals surface area contributed by atoms with Gasteiger partial charge in [-0.2, -0.15) is 9.97 Å². The highest BCUT2D eigenvalue weighted by molar-refractivity contribution is 5.89. The van der Waals surface area contributed by atoms with Gasteiger partial charge >= 0.3 is 0 Å². The zero-order valence-electron chi connectivity index (χ0n) is 19.6. The number of aromatic nitrogens is 4. The van der Waals surface area contributed by atoms with E-state index in [4.69, 9.17) is 15.2 Å². The largest absolute Gasteiger partial charge is 0.382 e.